The number of nitrogens with zero attached hydrogens (tertiary/aromatic N) is 3. The van der Waals surface area contributed by atoms with Crippen molar-refractivity contribution >= 4 is 5.95 Å². The zero-order valence-electron chi connectivity index (χ0n) is 11.7. The number of anilines is 1. The van der Waals surface area contributed by atoms with Crippen LogP contribution in [0.2, 0.25) is 0 Å². The summed E-state index contributed by atoms with van der Waals surface area (Å²) in [6.45, 7) is 4.68. The molecule has 1 aliphatic rings. The number of ether oxygens (including phenoxy) is 1. The molecule has 0 radical (unpaired) electrons. The molecule has 0 amide bonds. The highest BCUT2D eigenvalue weighted by molar-refractivity contribution is 5.36. The Morgan fingerprint density at radius 1 is 1.20 bits per heavy atom. The van der Waals surface area contributed by atoms with Crippen LogP contribution < -0.4 is 10.5 Å². The van der Waals surface area contributed by atoms with E-state index in [-0.39, 0.29) is 17.8 Å². The highest BCUT2D eigenvalue weighted by atomic mass is 16.5. The molecule has 104 valence electrons. The Bertz CT molecular complexity index is 627. The van der Waals surface area contributed by atoms with E-state index in [4.69, 9.17) is 10.5 Å². The van der Waals surface area contributed by atoms with E-state index in [9.17, 15) is 0 Å². The first-order chi connectivity index (χ1) is 9.63. The van der Waals surface area contributed by atoms with E-state index in [1.165, 1.54) is 5.56 Å². The second kappa shape index (κ2) is 5.07. The molecule has 0 saturated carbocycles. The number of nitrogens with two attached hydrogens (primary N) is 1. The Morgan fingerprint density at radius 2 is 2.00 bits per heavy atom. The molecule has 2 N–H and O–H groups in total. The van der Waals surface area contributed by atoms with Crippen molar-refractivity contribution < 1.29 is 4.74 Å². The third-order valence-corrected chi connectivity index (χ3v) is 3.45. The molecule has 1 aliphatic heterocycles. The minimum Gasteiger partial charge on any atom is -0.493 e. The first kappa shape index (κ1) is 12.8. The van der Waals surface area contributed by atoms with E-state index in [2.05, 4.69) is 21.0 Å². The van der Waals surface area contributed by atoms with E-state index in [0.29, 0.717) is 6.61 Å². The maximum Gasteiger partial charge on any atom is 0.223 e. The fraction of sp³-hybridized carbons (Fsp3) is 0.400. The number of benzene rings is 1. The second-order valence-corrected chi connectivity index (χ2v) is 5.38. The summed E-state index contributed by atoms with van der Waals surface area (Å²) in [5.41, 5.74) is 6.98. The molecule has 0 spiro atoms. The molecule has 1 atom stereocenters. The van der Waals surface area contributed by atoms with Gasteiger partial charge in [0, 0.05) is 5.92 Å². The summed E-state index contributed by atoms with van der Waals surface area (Å²) in [5, 5.41) is 0. The highest BCUT2D eigenvalue weighted by Crippen LogP contribution is 2.31. The van der Waals surface area contributed by atoms with Gasteiger partial charge >= 0.3 is 0 Å². The maximum absolute atomic E-state index is 5.80. The number of fused-ring (bicyclic) bond motifs is 1. The number of hydrogen-bond donors (Lipinski definition) is 1. The van der Waals surface area contributed by atoms with Crippen molar-refractivity contribution in [2.75, 3.05) is 12.3 Å². The molecule has 0 aliphatic carbocycles. The van der Waals surface area contributed by atoms with Gasteiger partial charge in [0.05, 0.1) is 12.5 Å². The van der Waals surface area contributed by atoms with Gasteiger partial charge in [0.15, 0.2) is 0 Å². The summed E-state index contributed by atoms with van der Waals surface area (Å²) < 4.78 is 5.79. The van der Waals surface area contributed by atoms with Gasteiger partial charge < -0.3 is 10.5 Å². The van der Waals surface area contributed by atoms with Gasteiger partial charge in [-0.3, -0.25) is 0 Å². The van der Waals surface area contributed by atoms with Crippen molar-refractivity contribution in [2.24, 2.45) is 0 Å². The number of rotatable bonds is 2. The minimum atomic E-state index is 0.132. The zero-order valence-corrected chi connectivity index (χ0v) is 11.7. The first-order valence-corrected chi connectivity index (χ1v) is 6.85. The first-order valence-electron chi connectivity index (χ1n) is 6.85. The Balaban J connectivity index is 1.91. The Kier molecular flexibility index (Phi) is 3.26. The van der Waals surface area contributed by atoms with Crippen LogP contribution in [-0.2, 0) is 6.42 Å². The van der Waals surface area contributed by atoms with Crippen LogP contribution in [0.1, 0.15) is 42.9 Å². The maximum atomic E-state index is 5.80. The third kappa shape index (κ3) is 2.43. The number of aromatic nitrogens is 3. The molecule has 2 aromatic rings. The summed E-state index contributed by atoms with van der Waals surface area (Å²) >= 11 is 0. The minimum absolute atomic E-state index is 0.132. The lowest BCUT2D eigenvalue weighted by molar-refractivity contribution is 0.257. The van der Waals surface area contributed by atoms with Crippen LogP contribution in [-0.4, -0.2) is 21.6 Å². The average Bonchev–Trinajstić information content (AvgIpc) is 2.46. The lowest BCUT2D eigenvalue weighted by atomic mass is 9.96. The molecular formula is C15H18N4O. The molecule has 5 heteroatoms. The van der Waals surface area contributed by atoms with E-state index < -0.39 is 0 Å². The van der Waals surface area contributed by atoms with Crippen molar-refractivity contribution in [2.45, 2.75) is 32.1 Å². The van der Waals surface area contributed by atoms with Crippen molar-refractivity contribution in [1.82, 2.24) is 15.0 Å². The second-order valence-electron chi connectivity index (χ2n) is 5.38. The van der Waals surface area contributed by atoms with Crippen LogP contribution >= 0.6 is 0 Å². The molecule has 0 fully saturated rings. The third-order valence-electron chi connectivity index (χ3n) is 3.45. The number of nitrogen functional groups attached to an aromatic ring is 1. The van der Waals surface area contributed by atoms with Gasteiger partial charge in [0.25, 0.3) is 0 Å². The van der Waals surface area contributed by atoms with Gasteiger partial charge in [-0.25, -0.2) is 4.98 Å². The molecule has 0 bridgehead atoms. The normalized spacial score (nSPS) is 17.6. The Morgan fingerprint density at radius 3 is 2.80 bits per heavy atom. The fourth-order valence-electron chi connectivity index (χ4n) is 2.36. The lowest BCUT2D eigenvalue weighted by Gasteiger charge is -2.24. The summed E-state index contributed by atoms with van der Waals surface area (Å²) in [7, 11) is 0. The zero-order chi connectivity index (χ0) is 14.1. The summed E-state index contributed by atoms with van der Waals surface area (Å²) in [6.07, 6.45) is 0.872. The summed E-state index contributed by atoms with van der Waals surface area (Å²) in [6, 6.07) is 8.07. The molecule has 0 saturated heterocycles. The Hall–Kier alpha value is -2.17. The summed E-state index contributed by atoms with van der Waals surface area (Å²) in [5.74, 6) is 3.08. The van der Waals surface area contributed by atoms with Gasteiger partial charge in [-0.2, -0.15) is 9.97 Å². The van der Waals surface area contributed by atoms with E-state index in [0.717, 1.165) is 23.8 Å². The average molecular weight is 270 g/mol. The summed E-state index contributed by atoms with van der Waals surface area (Å²) in [4.78, 5) is 13.0. The van der Waals surface area contributed by atoms with Crippen LogP contribution in [0.5, 0.6) is 5.75 Å². The fourth-order valence-corrected chi connectivity index (χ4v) is 2.36. The highest BCUT2D eigenvalue weighted by Gasteiger charge is 2.24. The Labute approximate surface area is 118 Å². The molecule has 5 nitrogen and oxygen atoms in total. The molecule has 2 heterocycles. The van der Waals surface area contributed by atoms with E-state index in [1.807, 2.05) is 32.0 Å². The van der Waals surface area contributed by atoms with Crippen molar-refractivity contribution in [3.63, 3.8) is 0 Å². The molecular weight excluding hydrogens is 252 g/mol. The van der Waals surface area contributed by atoms with Crippen molar-refractivity contribution in [3.05, 3.63) is 41.5 Å². The van der Waals surface area contributed by atoms with Crippen LogP contribution in [0, 0.1) is 0 Å². The van der Waals surface area contributed by atoms with Gasteiger partial charge in [0.2, 0.25) is 5.95 Å². The van der Waals surface area contributed by atoms with Crippen molar-refractivity contribution in [1.29, 1.82) is 0 Å². The predicted molar refractivity (Wildman–Crippen MR) is 76.7 cm³/mol. The van der Waals surface area contributed by atoms with Gasteiger partial charge in [0.1, 0.15) is 17.4 Å². The van der Waals surface area contributed by atoms with Gasteiger partial charge in [-0.15, -0.1) is 0 Å². The predicted octanol–water partition coefficient (Wildman–Crippen LogP) is 2.30. The van der Waals surface area contributed by atoms with Gasteiger partial charge in [-0.05, 0) is 18.1 Å². The SMILES string of the molecule is CC(C)c1nc(N)nc(C2COc3ccccc3C2)n1. The number of hydrogen-bond acceptors (Lipinski definition) is 5. The quantitative estimate of drug-likeness (QED) is 0.906. The molecule has 3 rings (SSSR count). The van der Waals surface area contributed by atoms with Crippen LogP contribution in [0.25, 0.3) is 0 Å². The molecule has 20 heavy (non-hydrogen) atoms. The topological polar surface area (TPSA) is 73.9 Å². The van der Waals surface area contributed by atoms with Crippen molar-refractivity contribution in [3.8, 4) is 5.75 Å². The molecule has 1 aromatic heterocycles. The smallest absolute Gasteiger partial charge is 0.223 e. The number of para-hydroxylation sites is 1. The van der Waals surface area contributed by atoms with Crippen LogP contribution in [0.15, 0.2) is 24.3 Å². The largest absolute Gasteiger partial charge is 0.493 e. The lowest BCUT2D eigenvalue weighted by Crippen LogP contribution is -2.22. The van der Waals surface area contributed by atoms with Gasteiger partial charge in [-0.1, -0.05) is 32.0 Å². The van der Waals surface area contributed by atoms with E-state index >= 15 is 0 Å². The van der Waals surface area contributed by atoms with Crippen LogP contribution in [0.3, 0.4) is 0 Å². The molecule has 1 aromatic carbocycles. The van der Waals surface area contributed by atoms with E-state index in [1.54, 1.807) is 0 Å². The standard InChI is InChI=1S/C15H18N4O/c1-9(2)13-17-14(19-15(16)18-13)11-7-10-5-3-4-6-12(10)20-8-11/h3-6,9,11H,7-8H2,1-2H3,(H2,16,17,18,19). The van der Waals surface area contributed by atoms with Crippen LogP contribution in [0.4, 0.5) is 5.95 Å². The monoisotopic (exact) mass is 270 g/mol. The molecule has 1 unspecified atom stereocenters.